The monoisotopic (exact) mass is 443 g/mol. The van der Waals surface area contributed by atoms with Crippen molar-refractivity contribution in [3.63, 3.8) is 0 Å². The Morgan fingerprint density at radius 3 is 2.29 bits per heavy atom. The minimum Gasteiger partial charge on any atom is -0.461 e. The fraction of sp³-hybridized carbons (Fsp3) is 0.292. The molecule has 0 bridgehead atoms. The van der Waals surface area contributed by atoms with Crippen LogP contribution in [0.3, 0.4) is 0 Å². The first-order valence-electron chi connectivity index (χ1n) is 9.84. The molecule has 0 aliphatic rings. The summed E-state index contributed by atoms with van der Waals surface area (Å²) in [5.41, 5.74) is 3.09. The Morgan fingerprint density at radius 2 is 1.71 bits per heavy atom. The molecule has 0 saturated carbocycles. The lowest BCUT2D eigenvalue weighted by atomic mass is 10.1. The first kappa shape index (κ1) is 24.5. The topological polar surface area (TPSA) is 72.9 Å². The van der Waals surface area contributed by atoms with Gasteiger partial charge in [-0.1, -0.05) is 60.7 Å². The Balaban J connectivity index is 2.38. The zero-order chi connectivity index (χ0) is 22.9. The maximum absolute atomic E-state index is 13.4. The quantitative estimate of drug-likeness (QED) is 0.389. The Labute approximate surface area is 184 Å². The zero-order valence-electron chi connectivity index (χ0n) is 18.2. The number of ether oxygens (including phenoxy) is 2. The van der Waals surface area contributed by atoms with Gasteiger partial charge in [-0.05, 0) is 35.8 Å². The van der Waals surface area contributed by atoms with Gasteiger partial charge in [0, 0.05) is 27.1 Å². The number of sulfonamides is 1. The van der Waals surface area contributed by atoms with Crippen LogP contribution in [0.4, 0.5) is 0 Å². The van der Waals surface area contributed by atoms with Gasteiger partial charge >= 0.3 is 5.97 Å². The van der Waals surface area contributed by atoms with Crippen molar-refractivity contribution in [3.05, 3.63) is 89.5 Å². The second-order valence-corrected chi connectivity index (χ2v) is 9.08. The third-order valence-corrected chi connectivity index (χ3v) is 6.43. The fourth-order valence-electron chi connectivity index (χ4n) is 2.86. The molecule has 0 saturated heterocycles. The number of carbonyl (C=O) groups is 1. The Hall–Kier alpha value is -2.74. The van der Waals surface area contributed by atoms with Crippen LogP contribution in [0.15, 0.2) is 83.3 Å². The van der Waals surface area contributed by atoms with E-state index in [4.69, 9.17) is 9.47 Å². The lowest BCUT2D eigenvalue weighted by Crippen LogP contribution is -2.31. The second kappa shape index (κ2) is 11.6. The van der Waals surface area contributed by atoms with E-state index in [-0.39, 0.29) is 31.2 Å². The molecule has 0 aliphatic carbocycles. The molecule has 0 radical (unpaired) electrons. The van der Waals surface area contributed by atoms with Crippen molar-refractivity contribution in [3.8, 4) is 0 Å². The first-order chi connectivity index (χ1) is 14.7. The molecule has 0 aromatic heterocycles. The van der Waals surface area contributed by atoms with Gasteiger partial charge in [-0.3, -0.25) is 4.79 Å². The average Bonchev–Trinajstić information content (AvgIpc) is 2.73. The number of esters is 1. The van der Waals surface area contributed by atoms with Crippen LogP contribution in [0.25, 0.3) is 0 Å². The summed E-state index contributed by atoms with van der Waals surface area (Å²) in [4.78, 5) is 11.5. The maximum atomic E-state index is 13.4. The largest absolute Gasteiger partial charge is 0.461 e. The molecule has 6 nitrogen and oxygen atoms in total. The Morgan fingerprint density at radius 1 is 1.06 bits per heavy atom. The van der Waals surface area contributed by atoms with Gasteiger partial charge in [0.05, 0.1) is 11.5 Å². The van der Waals surface area contributed by atoms with Crippen molar-refractivity contribution in [2.45, 2.75) is 25.3 Å². The van der Waals surface area contributed by atoms with Crippen LogP contribution in [0.2, 0.25) is 0 Å². The number of carbonyl (C=O) groups excluding carboxylic acids is 1. The lowest BCUT2D eigenvalue weighted by molar-refractivity contribution is -0.139. The summed E-state index contributed by atoms with van der Waals surface area (Å²) in [5, 5.41) is 0. The highest BCUT2D eigenvalue weighted by Gasteiger charge is 2.24. The van der Waals surface area contributed by atoms with E-state index in [0.29, 0.717) is 11.1 Å². The third kappa shape index (κ3) is 7.47. The van der Waals surface area contributed by atoms with Gasteiger partial charge in [-0.25, -0.2) is 8.42 Å². The molecule has 0 fully saturated rings. The molecule has 31 heavy (non-hydrogen) atoms. The van der Waals surface area contributed by atoms with Gasteiger partial charge in [0.15, 0.2) is 0 Å². The first-order valence-corrected chi connectivity index (χ1v) is 11.3. The molecular formula is C24H29NO5S. The molecular weight excluding hydrogens is 414 g/mol. The van der Waals surface area contributed by atoms with Crippen molar-refractivity contribution in [1.82, 2.24) is 4.31 Å². The molecule has 0 heterocycles. The smallest absolute Gasteiger partial charge is 0.302 e. The van der Waals surface area contributed by atoms with Gasteiger partial charge < -0.3 is 9.47 Å². The second-order valence-electron chi connectivity index (χ2n) is 7.14. The van der Waals surface area contributed by atoms with Crippen molar-refractivity contribution in [2.24, 2.45) is 0 Å². The number of methoxy groups -OCH3 is 1. The molecule has 2 aromatic carbocycles. The number of benzene rings is 2. The molecule has 0 N–H and O–H groups in total. The summed E-state index contributed by atoms with van der Waals surface area (Å²) in [5.74, 6) is -0.426. The van der Waals surface area contributed by atoms with Crippen LogP contribution in [0, 0.1) is 6.92 Å². The molecule has 166 valence electrons. The average molecular weight is 444 g/mol. The van der Waals surface area contributed by atoms with E-state index >= 15 is 0 Å². The SMILES string of the molecule is C=C(COC)/C(=C/CN(Cc1ccccc1)S(=O)(=O)c1ccc(C)cc1)COC(C)=O. The number of hydrogen-bond acceptors (Lipinski definition) is 5. The predicted octanol–water partition coefficient (Wildman–Crippen LogP) is 3.88. The molecule has 2 aromatic rings. The summed E-state index contributed by atoms with van der Waals surface area (Å²) in [6.45, 7) is 7.72. The van der Waals surface area contributed by atoms with E-state index < -0.39 is 16.0 Å². The van der Waals surface area contributed by atoms with Gasteiger partial charge in [0.1, 0.15) is 6.61 Å². The van der Waals surface area contributed by atoms with E-state index in [9.17, 15) is 13.2 Å². The van der Waals surface area contributed by atoms with Crippen LogP contribution >= 0.6 is 0 Å². The summed E-state index contributed by atoms with van der Waals surface area (Å²) in [6, 6.07) is 16.1. The molecule has 7 heteroatoms. The molecule has 2 rings (SSSR count). The van der Waals surface area contributed by atoms with E-state index in [0.717, 1.165) is 11.1 Å². The maximum Gasteiger partial charge on any atom is 0.302 e. The van der Waals surface area contributed by atoms with Crippen molar-refractivity contribution in [2.75, 3.05) is 26.9 Å². The van der Waals surface area contributed by atoms with Gasteiger partial charge in [0.25, 0.3) is 0 Å². The van der Waals surface area contributed by atoms with Gasteiger partial charge in [-0.15, -0.1) is 0 Å². The van der Waals surface area contributed by atoms with Crippen molar-refractivity contribution < 1.29 is 22.7 Å². The molecule has 0 atom stereocenters. The van der Waals surface area contributed by atoms with E-state index in [1.54, 1.807) is 30.3 Å². The van der Waals surface area contributed by atoms with Crippen molar-refractivity contribution >= 4 is 16.0 Å². The summed E-state index contributed by atoms with van der Waals surface area (Å²) < 4.78 is 38.4. The number of nitrogens with zero attached hydrogens (tertiary/aromatic N) is 1. The van der Waals surface area contributed by atoms with E-state index in [2.05, 4.69) is 6.58 Å². The lowest BCUT2D eigenvalue weighted by Gasteiger charge is -2.22. The Kier molecular flexibility index (Phi) is 9.18. The van der Waals surface area contributed by atoms with Gasteiger partial charge in [0.2, 0.25) is 10.0 Å². The van der Waals surface area contributed by atoms with Crippen molar-refractivity contribution in [1.29, 1.82) is 0 Å². The molecule has 0 aliphatic heterocycles. The summed E-state index contributed by atoms with van der Waals surface area (Å²) in [6.07, 6.45) is 1.72. The predicted molar refractivity (Wildman–Crippen MR) is 121 cm³/mol. The molecule has 0 unspecified atom stereocenters. The van der Waals surface area contributed by atoms with Gasteiger partial charge in [-0.2, -0.15) is 4.31 Å². The van der Waals surface area contributed by atoms with Crippen LogP contribution in [-0.2, 0) is 30.8 Å². The third-order valence-electron chi connectivity index (χ3n) is 4.61. The van der Waals surface area contributed by atoms with Crippen LogP contribution in [0.5, 0.6) is 0 Å². The van der Waals surface area contributed by atoms with Crippen LogP contribution in [0.1, 0.15) is 18.1 Å². The van der Waals surface area contributed by atoms with Crippen LogP contribution < -0.4 is 0 Å². The summed E-state index contributed by atoms with van der Waals surface area (Å²) in [7, 11) is -2.22. The molecule has 0 spiro atoms. The number of hydrogen-bond donors (Lipinski definition) is 0. The summed E-state index contributed by atoms with van der Waals surface area (Å²) >= 11 is 0. The standard InChI is InChI=1S/C24H29NO5S/c1-19-10-12-24(13-11-19)31(27,28)25(16-22-8-6-5-7-9-22)15-14-23(18-30-21(3)26)20(2)17-29-4/h5-14H,2,15-18H2,1,3-4H3/b23-14+. The van der Waals surface area contributed by atoms with E-state index in [1.807, 2.05) is 37.3 Å². The minimum absolute atomic E-state index is 0.00127. The Bertz CT molecular complexity index is 1010. The van der Waals surface area contributed by atoms with E-state index in [1.165, 1.54) is 18.3 Å². The normalized spacial score (nSPS) is 12.1. The highest BCUT2D eigenvalue weighted by Crippen LogP contribution is 2.20. The molecule has 0 amide bonds. The minimum atomic E-state index is -3.76. The highest BCUT2D eigenvalue weighted by molar-refractivity contribution is 7.89. The fourth-order valence-corrected chi connectivity index (χ4v) is 4.23. The zero-order valence-corrected chi connectivity index (χ0v) is 19.0. The number of rotatable bonds is 11. The number of aryl methyl sites for hydroxylation is 1. The van der Waals surface area contributed by atoms with Crippen LogP contribution in [-0.4, -0.2) is 45.6 Å². The highest BCUT2D eigenvalue weighted by atomic mass is 32.2.